The van der Waals surface area contributed by atoms with E-state index in [0.717, 1.165) is 18.4 Å². The number of carboxylic acids is 1. The number of hydrogen-bond acceptors (Lipinski definition) is 7. The highest BCUT2D eigenvalue weighted by atomic mass is 16.6. The van der Waals surface area contributed by atoms with Gasteiger partial charge < -0.3 is 19.5 Å². The minimum Gasteiger partial charge on any atom is -0.480 e. The molecule has 2 aromatic rings. The quantitative estimate of drug-likeness (QED) is 0.513. The van der Waals surface area contributed by atoms with E-state index >= 15 is 0 Å². The van der Waals surface area contributed by atoms with Crippen LogP contribution in [-0.4, -0.2) is 39.4 Å². The van der Waals surface area contributed by atoms with Crippen molar-refractivity contribution in [2.24, 2.45) is 0 Å². The van der Waals surface area contributed by atoms with E-state index < -0.39 is 16.9 Å². The molecule has 1 aliphatic heterocycles. The number of aliphatic carboxylic acids is 1. The lowest BCUT2D eigenvalue weighted by atomic mass is 10.0. The second kappa shape index (κ2) is 9.34. The number of piperidine rings is 1. The molecule has 0 amide bonds. The second-order valence-electron chi connectivity index (χ2n) is 7.24. The molecule has 1 saturated heterocycles. The van der Waals surface area contributed by atoms with E-state index in [2.05, 4.69) is 4.98 Å². The van der Waals surface area contributed by atoms with Crippen LogP contribution in [0.3, 0.4) is 0 Å². The summed E-state index contributed by atoms with van der Waals surface area (Å²) in [7, 11) is 0. The van der Waals surface area contributed by atoms with Gasteiger partial charge >= 0.3 is 11.7 Å². The summed E-state index contributed by atoms with van der Waals surface area (Å²) in [4.78, 5) is 39.4. The van der Waals surface area contributed by atoms with Crippen LogP contribution in [0.1, 0.15) is 38.2 Å². The molecule has 1 N–H and O–H groups in total. The van der Waals surface area contributed by atoms with Crippen LogP contribution in [0.25, 0.3) is 0 Å². The molecular formula is C21H23N3O6. The molecule has 1 fully saturated rings. The number of ether oxygens (including phenoxy) is 1. The number of nitro groups is 1. The highest BCUT2D eigenvalue weighted by molar-refractivity contribution is 5.79. The standard InChI is InChI=1S/C21H23N3O6/c1-14(25)5-6-15-7-9-16(10-8-15)30-19-12-11-17(24(28)29)20(22-19)23-13-3-2-4-18(23)21(26)27/h7-12,18H,2-6,13H2,1H3,(H,26,27). The average Bonchev–Trinajstić information content (AvgIpc) is 2.73. The molecule has 2 heterocycles. The molecule has 9 heteroatoms. The molecule has 0 spiro atoms. The molecule has 1 aromatic heterocycles. The van der Waals surface area contributed by atoms with Crippen molar-refractivity contribution in [1.29, 1.82) is 0 Å². The van der Waals surface area contributed by atoms with Crippen molar-refractivity contribution in [2.75, 3.05) is 11.4 Å². The first-order chi connectivity index (χ1) is 14.3. The largest absolute Gasteiger partial charge is 0.480 e. The third kappa shape index (κ3) is 5.11. The molecule has 30 heavy (non-hydrogen) atoms. The number of aryl methyl sites for hydroxylation is 1. The Bertz CT molecular complexity index is 944. The molecular weight excluding hydrogens is 390 g/mol. The highest BCUT2D eigenvalue weighted by Gasteiger charge is 2.34. The molecule has 3 rings (SSSR count). The number of benzene rings is 1. The van der Waals surface area contributed by atoms with Crippen LogP contribution in [0.2, 0.25) is 0 Å². The first kappa shape index (κ1) is 21.2. The van der Waals surface area contributed by atoms with Crippen LogP contribution in [-0.2, 0) is 16.0 Å². The minimum absolute atomic E-state index is 0.00248. The lowest BCUT2D eigenvalue weighted by Gasteiger charge is -2.33. The normalized spacial score (nSPS) is 16.2. The van der Waals surface area contributed by atoms with E-state index in [1.165, 1.54) is 17.0 Å². The van der Waals surface area contributed by atoms with E-state index in [-0.39, 0.29) is 23.2 Å². The maximum absolute atomic E-state index is 11.6. The van der Waals surface area contributed by atoms with Crippen LogP contribution in [0, 0.1) is 10.1 Å². The Morgan fingerprint density at radius 1 is 1.23 bits per heavy atom. The fourth-order valence-electron chi connectivity index (χ4n) is 3.44. The van der Waals surface area contributed by atoms with Gasteiger partial charge in [0.1, 0.15) is 17.6 Å². The number of hydrogen-bond donors (Lipinski definition) is 1. The molecule has 0 bridgehead atoms. The van der Waals surface area contributed by atoms with Gasteiger partial charge in [-0.25, -0.2) is 4.79 Å². The van der Waals surface area contributed by atoms with Gasteiger partial charge in [0.15, 0.2) is 0 Å². The Hall–Kier alpha value is -3.49. The zero-order chi connectivity index (χ0) is 21.7. The van der Waals surface area contributed by atoms with Crippen LogP contribution >= 0.6 is 0 Å². The predicted octanol–water partition coefficient (Wildman–Crippen LogP) is 3.75. The van der Waals surface area contributed by atoms with Crippen LogP contribution in [0.5, 0.6) is 11.6 Å². The summed E-state index contributed by atoms with van der Waals surface area (Å²) in [5.74, 6) is -0.277. The smallest absolute Gasteiger partial charge is 0.326 e. The number of rotatable bonds is 8. The number of carboxylic acid groups (broad SMARTS) is 1. The molecule has 9 nitrogen and oxygen atoms in total. The second-order valence-corrected chi connectivity index (χ2v) is 7.24. The van der Waals surface area contributed by atoms with Gasteiger partial charge in [-0.15, -0.1) is 0 Å². The summed E-state index contributed by atoms with van der Waals surface area (Å²) >= 11 is 0. The summed E-state index contributed by atoms with van der Waals surface area (Å²) in [5, 5.41) is 21.0. The zero-order valence-corrected chi connectivity index (χ0v) is 16.6. The molecule has 1 aliphatic rings. The van der Waals surface area contributed by atoms with Crippen LogP contribution < -0.4 is 9.64 Å². The van der Waals surface area contributed by atoms with Crippen LogP contribution in [0.15, 0.2) is 36.4 Å². The van der Waals surface area contributed by atoms with Gasteiger partial charge in [-0.3, -0.25) is 10.1 Å². The zero-order valence-electron chi connectivity index (χ0n) is 16.6. The van der Waals surface area contributed by atoms with Crippen molar-refractivity contribution in [3.63, 3.8) is 0 Å². The molecule has 0 saturated carbocycles. The van der Waals surface area contributed by atoms with Crippen LogP contribution in [0.4, 0.5) is 11.5 Å². The first-order valence-electron chi connectivity index (χ1n) is 9.76. The van der Waals surface area contributed by atoms with E-state index in [9.17, 15) is 24.8 Å². The molecule has 0 aliphatic carbocycles. The van der Waals surface area contributed by atoms with Gasteiger partial charge in [-0.05, 0) is 50.3 Å². The van der Waals surface area contributed by atoms with Crippen molar-refractivity contribution in [2.45, 2.75) is 45.1 Å². The highest BCUT2D eigenvalue weighted by Crippen LogP contribution is 2.34. The topological polar surface area (TPSA) is 123 Å². The van der Waals surface area contributed by atoms with E-state index in [0.29, 0.717) is 31.6 Å². The predicted molar refractivity (Wildman–Crippen MR) is 109 cm³/mol. The van der Waals surface area contributed by atoms with Crippen molar-refractivity contribution in [3.8, 4) is 11.6 Å². The van der Waals surface area contributed by atoms with Crippen molar-refractivity contribution in [3.05, 3.63) is 52.1 Å². The maximum atomic E-state index is 11.6. The Morgan fingerprint density at radius 3 is 2.60 bits per heavy atom. The lowest BCUT2D eigenvalue weighted by Crippen LogP contribution is -2.45. The molecule has 0 radical (unpaired) electrons. The van der Waals surface area contributed by atoms with E-state index in [1.54, 1.807) is 19.1 Å². The van der Waals surface area contributed by atoms with E-state index in [1.807, 2.05) is 12.1 Å². The van der Waals surface area contributed by atoms with E-state index in [4.69, 9.17) is 4.74 Å². The number of anilines is 1. The number of ketones is 1. The number of carbonyl (C=O) groups excluding carboxylic acids is 1. The third-order valence-corrected chi connectivity index (χ3v) is 5.00. The molecule has 1 atom stereocenters. The van der Waals surface area contributed by atoms with Crippen molar-refractivity contribution >= 4 is 23.3 Å². The summed E-state index contributed by atoms with van der Waals surface area (Å²) in [6.07, 6.45) is 2.99. The monoisotopic (exact) mass is 413 g/mol. The maximum Gasteiger partial charge on any atom is 0.326 e. The van der Waals surface area contributed by atoms with Gasteiger partial charge in [0, 0.05) is 25.1 Å². The van der Waals surface area contributed by atoms with Gasteiger partial charge in [0.2, 0.25) is 11.7 Å². The van der Waals surface area contributed by atoms with Gasteiger partial charge in [-0.2, -0.15) is 4.98 Å². The summed E-state index contributed by atoms with van der Waals surface area (Å²) < 4.78 is 5.75. The lowest BCUT2D eigenvalue weighted by molar-refractivity contribution is -0.384. The molecule has 1 aromatic carbocycles. The molecule has 1 unspecified atom stereocenters. The third-order valence-electron chi connectivity index (χ3n) is 5.00. The fraction of sp³-hybridized carbons (Fsp3) is 0.381. The summed E-state index contributed by atoms with van der Waals surface area (Å²) in [6.45, 7) is 1.92. The minimum atomic E-state index is -1.03. The SMILES string of the molecule is CC(=O)CCc1ccc(Oc2ccc([N+](=O)[O-])c(N3CCCCC3C(=O)O)n2)cc1. The molecule has 158 valence electrons. The van der Waals surface area contributed by atoms with Crippen molar-refractivity contribution in [1.82, 2.24) is 4.98 Å². The Kier molecular flexibility index (Phi) is 6.61. The number of nitrogens with zero attached hydrogens (tertiary/aromatic N) is 3. The summed E-state index contributed by atoms with van der Waals surface area (Å²) in [5.41, 5.74) is 0.739. The average molecular weight is 413 g/mol. The fourth-order valence-corrected chi connectivity index (χ4v) is 3.44. The number of Topliss-reactive ketones (excluding diaryl/α,β-unsaturated/α-hetero) is 1. The number of carbonyl (C=O) groups is 2. The van der Waals surface area contributed by atoms with Gasteiger partial charge in [0.25, 0.3) is 0 Å². The van der Waals surface area contributed by atoms with Gasteiger partial charge in [0.05, 0.1) is 4.92 Å². The number of pyridine rings is 1. The van der Waals surface area contributed by atoms with Crippen molar-refractivity contribution < 1.29 is 24.4 Å². The Morgan fingerprint density at radius 2 is 1.97 bits per heavy atom. The van der Waals surface area contributed by atoms with Gasteiger partial charge in [-0.1, -0.05) is 12.1 Å². The first-order valence-corrected chi connectivity index (χ1v) is 9.76. The Balaban J connectivity index is 1.84. The summed E-state index contributed by atoms with van der Waals surface area (Å²) in [6, 6.07) is 8.97. The number of aromatic nitrogens is 1. The Labute approximate surface area is 173 Å².